The van der Waals surface area contributed by atoms with E-state index in [9.17, 15) is 0 Å². The number of pyridine rings is 1. The summed E-state index contributed by atoms with van der Waals surface area (Å²) in [5, 5.41) is 3.33. The smallest absolute Gasteiger partial charge is 0.320 e. The summed E-state index contributed by atoms with van der Waals surface area (Å²) in [4.78, 5) is 23.6. The quantitative estimate of drug-likeness (QED) is 0.288. The first-order valence-corrected chi connectivity index (χ1v) is 11.7. The van der Waals surface area contributed by atoms with Crippen molar-refractivity contribution >= 4 is 28.6 Å². The molecule has 3 aromatic heterocycles. The molecule has 178 valence electrons. The zero-order chi connectivity index (χ0) is 23.8. The first-order valence-electron chi connectivity index (χ1n) is 11.7. The van der Waals surface area contributed by atoms with Gasteiger partial charge in [-0.2, -0.15) is 15.0 Å². The lowest BCUT2D eigenvalue weighted by Crippen LogP contribution is -2.26. The van der Waals surface area contributed by atoms with Gasteiger partial charge in [0.05, 0.1) is 6.20 Å². The molecule has 9 heteroatoms. The highest BCUT2D eigenvalue weighted by Crippen LogP contribution is 2.27. The molecule has 0 unspecified atom stereocenters. The summed E-state index contributed by atoms with van der Waals surface area (Å²) >= 11 is 0. The van der Waals surface area contributed by atoms with Gasteiger partial charge in [0.25, 0.3) is 0 Å². The van der Waals surface area contributed by atoms with Crippen LogP contribution in [0.1, 0.15) is 32.3 Å². The molecule has 0 aliphatic rings. The number of benzene rings is 1. The number of fused-ring (bicyclic) bond motifs is 1. The van der Waals surface area contributed by atoms with Crippen molar-refractivity contribution in [3.05, 3.63) is 54.4 Å². The summed E-state index contributed by atoms with van der Waals surface area (Å²) in [6, 6.07) is 12.1. The zero-order valence-corrected chi connectivity index (χ0v) is 19.9. The Labute approximate surface area is 199 Å². The summed E-state index contributed by atoms with van der Waals surface area (Å²) in [5.41, 5.74) is 3.47. The molecule has 0 saturated carbocycles. The first kappa shape index (κ1) is 23.3. The van der Waals surface area contributed by atoms with Gasteiger partial charge in [-0.1, -0.05) is 26.0 Å². The number of nitrogens with one attached hydrogen (secondary N) is 2. The fraction of sp³-hybridized carbons (Fsp3) is 0.360. The van der Waals surface area contributed by atoms with Crippen molar-refractivity contribution in [3.63, 3.8) is 0 Å². The van der Waals surface area contributed by atoms with Crippen LogP contribution in [-0.4, -0.2) is 51.2 Å². The number of H-pyrrole nitrogens is 1. The van der Waals surface area contributed by atoms with E-state index in [2.05, 4.69) is 63.1 Å². The lowest BCUT2D eigenvalue weighted by atomic mass is 10.2. The van der Waals surface area contributed by atoms with E-state index in [0.29, 0.717) is 30.6 Å². The molecule has 1 aromatic carbocycles. The second-order valence-corrected chi connectivity index (χ2v) is 7.98. The predicted octanol–water partition coefficient (Wildman–Crippen LogP) is 4.88. The van der Waals surface area contributed by atoms with E-state index in [0.717, 1.165) is 43.0 Å². The third-order valence-corrected chi connectivity index (χ3v) is 5.10. The van der Waals surface area contributed by atoms with Crippen LogP contribution in [0.25, 0.3) is 11.2 Å². The van der Waals surface area contributed by atoms with Crippen molar-refractivity contribution in [1.29, 1.82) is 0 Å². The summed E-state index contributed by atoms with van der Waals surface area (Å²) < 4.78 is 11.5. The lowest BCUT2D eigenvalue weighted by Gasteiger charge is -2.23. The number of anilines is 3. The Morgan fingerprint density at radius 3 is 2.53 bits per heavy atom. The van der Waals surface area contributed by atoms with Crippen LogP contribution in [-0.2, 0) is 0 Å². The fourth-order valence-corrected chi connectivity index (χ4v) is 3.66. The first-order chi connectivity index (χ1) is 16.7. The van der Waals surface area contributed by atoms with Crippen molar-refractivity contribution < 1.29 is 9.47 Å². The second-order valence-electron chi connectivity index (χ2n) is 7.98. The predicted molar refractivity (Wildman–Crippen MR) is 134 cm³/mol. The number of aromatic amines is 1. The third kappa shape index (κ3) is 5.92. The van der Waals surface area contributed by atoms with E-state index in [4.69, 9.17) is 14.5 Å². The number of aromatic nitrogens is 5. The fourth-order valence-electron chi connectivity index (χ4n) is 3.66. The average molecular weight is 462 g/mol. The monoisotopic (exact) mass is 461 g/mol. The summed E-state index contributed by atoms with van der Waals surface area (Å²) in [6.07, 6.45) is 5.38. The van der Waals surface area contributed by atoms with Gasteiger partial charge in [0.2, 0.25) is 5.95 Å². The molecule has 0 fully saturated rings. The van der Waals surface area contributed by atoms with Crippen LogP contribution in [0.2, 0.25) is 0 Å². The van der Waals surface area contributed by atoms with E-state index < -0.39 is 0 Å². The SMILES string of the molecule is CCCN(CCC)c1nc(OCCOc2cccnc2)nc2nc(Nc3cccc(C)c3)[nH]c12. The van der Waals surface area contributed by atoms with Crippen molar-refractivity contribution in [3.8, 4) is 11.8 Å². The van der Waals surface area contributed by atoms with Crippen LogP contribution in [0.4, 0.5) is 17.5 Å². The molecular formula is C25H31N7O2. The van der Waals surface area contributed by atoms with Crippen molar-refractivity contribution in [2.24, 2.45) is 0 Å². The van der Waals surface area contributed by atoms with E-state index >= 15 is 0 Å². The van der Waals surface area contributed by atoms with E-state index in [1.807, 2.05) is 24.3 Å². The molecule has 0 aliphatic carbocycles. The summed E-state index contributed by atoms with van der Waals surface area (Å²) in [7, 11) is 0. The van der Waals surface area contributed by atoms with E-state index in [1.165, 1.54) is 5.56 Å². The Morgan fingerprint density at radius 2 is 1.79 bits per heavy atom. The van der Waals surface area contributed by atoms with Crippen LogP contribution in [0.3, 0.4) is 0 Å². The van der Waals surface area contributed by atoms with Gasteiger partial charge in [0.1, 0.15) is 24.5 Å². The van der Waals surface area contributed by atoms with Gasteiger partial charge in [-0.3, -0.25) is 4.98 Å². The topological polar surface area (TPSA) is 101 Å². The van der Waals surface area contributed by atoms with Crippen LogP contribution >= 0.6 is 0 Å². The zero-order valence-electron chi connectivity index (χ0n) is 19.9. The molecule has 3 heterocycles. The van der Waals surface area contributed by atoms with Crippen molar-refractivity contribution in [2.45, 2.75) is 33.6 Å². The Morgan fingerprint density at radius 1 is 0.971 bits per heavy atom. The van der Waals surface area contributed by atoms with Gasteiger partial charge < -0.3 is 24.7 Å². The van der Waals surface area contributed by atoms with Gasteiger partial charge in [0.15, 0.2) is 11.5 Å². The van der Waals surface area contributed by atoms with Crippen LogP contribution in [0.5, 0.6) is 11.8 Å². The molecular weight excluding hydrogens is 430 g/mol. The minimum Gasteiger partial charge on any atom is -0.488 e. The molecule has 4 aromatic rings. The number of aryl methyl sites for hydroxylation is 1. The van der Waals surface area contributed by atoms with Crippen LogP contribution < -0.4 is 19.7 Å². The number of imidazole rings is 1. The van der Waals surface area contributed by atoms with Gasteiger partial charge >= 0.3 is 6.01 Å². The van der Waals surface area contributed by atoms with Crippen LogP contribution in [0.15, 0.2) is 48.8 Å². The minimum absolute atomic E-state index is 0.281. The van der Waals surface area contributed by atoms with Gasteiger partial charge in [0, 0.05) is 25.0 Å². The standard InChI is InChI=1S/C25H31N7O2/c1-4-12-32(13-5-2)23-21-22(29-24(28-21)27-19-9-6-8-18(3)16-19)30-25(31-23)34-15-14-33-20-10-7-11-26-17-20/h6-11,16-17H,4-5,12-15H2,1-3H3,(H2,27,28,29,30,31). The molecule has 0 atom stereocenters. The molecule has 0 amide bonds. The number of rotatable bonds is 12. The van der Waals surface area contributed by atoms with Crippen molar-refractivity contribution in [1.82, 2.24) is 24.9 Å². The largest absolute Gasteiger partial charge is 0.488 e. The van der Waals surface area contributed by atoms with Crippen LogP contribution in [0, 0.1) is 6.92 Å². The number of hydrogen-bond donors (Lipinski definition) is 2. The number of ether oxygens (including phenoxy) is 2. The summed E-state index contributed by atoms with van der Waals surface area (Å²) in [6.45, 7) is 8.80. The molecule has 2 N–H and O–H groups in total. The Balaban J connectivity index is 1.57. The third-order valence-electron chi connectivity index (χ3n) is 5.10. The number of hydrogen-bond acceptors (Lipinski definition) is 8. The highest BCUT2D eigenvalue weighted by atomic mass is 16.5. The molecule has 0 bridgehead atoms. The van der Waals surface area contributed by atoms with Gasteiger partial charge in [-0.05, 0) is 49.6 Å². The van der Waals surface area contributed by atoms with Gasteiger partial charge in [-0.25, -0.2) is 0 Å². The molecule has 0 saturated heterocycles. The molecule has 0 radical (unpaired) electrons. The maximum atomic E-state index is 5.86. The Kier molecular flexibility index (Phi) is 7.75. The second kappa shape index (κ2) is 11.3. The van der Waals surface area contributed by atoms with Crippen molar-refractivity contribution in [2.75, 3.05) is 36.5 Å². The molecule has 0 spiro atoms. The van der Waals surface area contributed by atoms with E-state index in [1.54, 1.807) is 12.4 Å². The lowest BCUT2D eigenvalue weighted by molar-refractivity contribution is 0.206. The van der Waals surface area contributed by atoms with E-state index in [-0.39, 0.29) is 6.01 Å². The average Bonchev–Trinajstić information content (AvgIpc) is 3.24. The van der Waals surface area contributed by atoms with Gasteiger partial charge in [-0.15, -0.1) is 0 Å². The Bertz CT molecular complexity index is 1190. The number of nitrogens with zero attached hydrogens (tertiary/aromatic N) is 5. The minimum atomic E-state index is 0.281. The maximum absolute atomic E-state index is 5.86. The Hall–Kier alpha value is -3.88. The highest BCUT2D eigenvalue weighted by molar-refractivity contribution is 5.86. The normalized spacial score (nSPS) is 10.9. The highest BCUT2D eigenvalue weighted by Gasteiger charge is 2.18. The molecule has 9 nitrogen and oxygen atoms in total. The molecule has 34 heavy (non-hydrogen) atoms. The maximum Gasteiger partial charge on any atom is 0.320 e. The summed E-state index contributed by atoms with van der Waals surface area (Å²) in [5.74, 6) is 2.10. The molecule has 0 aliphatic heterocycles. The molecule has 4 rings (SSSR count).